The van der Waals surface area contributed by atoms with Gasteiger partial charge in [0.25, 0.3) is 0 Å². The largest absolute Gasteiger partial charge is 0.396 e. The van der Waals surface area contributed by atoms with Crippen LogP contribution >= 0.6 is 11.3 Å². The van der Waals surface area contributed by atoms with Crippen LogP contribution in [0.5, 0.6) is 0 Å². The van der Waals surface area contributed by atoms with E-state index in [4.69, 9.17) is 5.11 Å². The molecule has 0 aliphatic carbocycles. The third kappa shape index (κ3) is 2.68. The van der Waals surface area contributed by atoms with Crippen LogP contribution in [0.1, 0.15) is 29.8 Å². The summed E-state index contributed by atoms with van der Waals surface area (Å²) in [5, 5.41) is 13.6. The molecule has 92 valence electrons. The SMILES string of the molecule is Cc1c(C(C)NCCCO)sc2ccccc12. The molecule has 2 N–H and O–H groups in total. The van der Waals surface area contributed by atoms with E-state index in [1.54, 1.807) is 0 Å². The fourth-order valence-electron chi connectivity index (χ4n) is 2.10. The van der Waals surface area contributed by atoms with Crippen LogP contribution in [0.15, 0.2) is 24.3 Å². The molecule has 2 rings (SSSR count). The van der Waals surface area contributed by atoms with Gasteiger partial charge in [0.2, 0.25) is 0 Å². The van der Waals surface area contributed by atoms with Crippen LogP contribution in [0.4, 0.5) is 0 Å². The highest BCUT2D eigenvalue weighted by atomic mass is 32.1. The summed E-state index contributed by atoms with van der Waals surface area (Å²) in [6.07, 6.45) is 0.814. The lowest BCUT2D eigenvalue weighted by Crippen LogP contribution is -2.20. The highest BCUT2D eigenvalue weighted by Crippen LogP contribution is 2.34. The molecule has 0 aliphatic heterocycles. The van der Waals surface area contributed by atoms with Gasteiger partial charge < -0.3 is 10.4 Å². The molecule has 1 atom stereocenters. The second kappa shape index (κ2) is 5.63. The van der Waals surface area contributed by atoms with Crippen molar-refractivity contribution in [1.82, 2.24) is 5.32 Å². The predicted molar refractivity (Wildman–Crippen MR) is 74.7 cm³/mol. The van der Waals surface area contributed by atoms with Crippen LogP contribution < -0.4 is 5.32 Å². The quantitative estimate of drug-likeness (QED) is 0.797. The highest BCUT2D eigenvalue weighted by Gasteiger charge is 2.13. The number of hydrogen-bond donors (Lipinski definition) is 2. The number of rotatable bonds is 5. The molecule has 0 bridgehead atoms. The molecule has 0 aliphatic rings. The van der Waals surface area contributed by atoms with Crippen molar-refractivity contribution < 1.29 is 5.11 Å². The molecule has 2 nitrogen and oxygen atoms in total. The average Bonchev–Trinajstić information content (AvgIpc) is 2.68. The van der Waals surface area contributed by atoms with E-state index in [0.717, 1.165) is 13.0 Å². The van der Waals surface area contributed by atoms with Gasteiger partial charge in [0.1, 0.15) is 0 Å². The van der Waals surface area contributed by atoms with Gasteiger partial charge in [0.15, 0.2) is 0 Å². The van der Waals surface area contributed by atoms with Gasteiger partial charge in [-0.2, -0.15) is 0 Å². The molecule has 0 fully saturated rings. The number of fused-ring (bicyclic) bond motifs is 1. The first-order chi connectivity index (χ1) is 8.24. The summed E-state index contributed by atoms with van der Waals surface area (Å²) in [5.41, 5.74) is 1.38. The molecule has 0 radical (unpaired) electrons. The van der Waals surface area contributed by atoms with Gasteiger partial charge in [-0.25, -0.2) is 0 Å². The first-order valence-corrected chi connectivity index (χ1v) is 6.88. The molecule has 1 aromatic heterocycles. The summed E-state index contributed by atoms with van der Waals surface area (Å²) in [4.78, 5) is 1.41. The summed E-state index contributed by atoms with van der Waals surface area (Å²) in [6, 6.07) is 8.91. The van der Waals surface area contributed by atoms with Crippen LogP contribution in [-0.2, 0) is 0 Å². The van der Waals surface area contributed by atoms with E-state index in [-0.39, 0.29) is 6.61 Å². The lowest BCUT2D eigenvalue weighted by atomic mass is 10.1. The second-order valence-electron chi connectivity index (χ2n) is 4.34. The molecule has 17 heavy (non-hydrogen) atoms. The van der Waals surface area contributed by atoms with Gasteiger partial charge in [-0.15, -0.1) is 11.3 Å². The Hall–Kier alpha value is -0.900. The predicted octanol–water partition coefficient (Wildman–Crippen LogP) is 3.24. The van der Waals surface area contributed by atoms with Crippen molar-refractivity contribution >= 4 is 21.4 Å². The maximum Gasteiger partial charge on any atom is 0.0443 e. The molecule has 2 aromatic rings. The number of aliphatic hydroxyl groups is 1. The fraction of sp³-hybridized carbons (Fsp3) is 0.429. The Morgan fingerprint density at radius 1 is 1.35 bits per heavy atom. The standard InChI is InChI=1S/C14H19NOS/c1-10-12-6-3-4-7-13(12)17-14(10)11(2)15-8-5-9-16/h3-4,6-7,11,15-16H,5,8-9H2,1-2H3. The van der Waals surface area contributed by atoms with Crippen molar-refractivity contribution in [2.24, 2.45) is 0 Å². The van der Waals surface area contributed by atoms with Crippen LogP contribution in [0, 0.1) is 6.92 Å². The zero-order valence-corrected chi connectivity index (χ0v) is 11.2. The van der Waals surface area contributed by atoms with Gasteiger partial charge in [-0.05, 0) is 43.8 Å². The smallest absolute Gasteiger partial charge is 0.0443 e. The van der Waals surface area contributed by atoms with E-state index in [1.165, 1.54) is 20.5 Å². The third-order valence-corrected chi connectivity index (χ3v) is 4.51. The number of aryl methyl sites for hydroxylation is 1. The van der Waals surface area contributed by atoms with Gasteiger partial charge in [-0.1, -0.05) is 18.2 Å². The van der Waals surface area contributed by atoms with E-state index >= 15 is 0 Å². The van der Waals surface area contributed by atoms with Gasteiger partial charge in [0, 0.05) is 22.2 Å². The number of hydrogen-bond acceptors (Lipinski definition) is 3. The van der Waals surface area contributed by atoms with Crippen LogP contribution in [0.3, 0.4) is 0 Å². The van der Waals surface area contributed by atoms with Crippen molar-refractivity contribution in [3.05, 3.63) is 34.7 Å². The number of benzene rings is 1. The second-order valence-corrected chi connectivity index (χ2v) is 5.42. The Bertz CT molecular complexity index is 492. The number of nitrogens with one attached hydrogen (secondary N) is 1. The summed E-state index contributed by atoms with van der Waals surface area (Å²) < 4.78 is 1.36. The third-order valence-electron chi connectivity index (χ3n) is 3.06. The number of thiophene rings is 1. The molecule has 0 amide bonds. The summed E-state index contributed by atoms with van der Waals surface area (Å²) in [5.74, 6) is 0. The van der Waals surface area contributed by atoms with Crippen molar-refractivity contribution in [2.75, 3.05) is 13.2 Å². The molecule has 0 spiro atoms. The van der Waals surface area contributed by atoms with E-state index in [1.807, 2.05) is 11.3 Å². The summed E-state index contributed by atoms with van der Waals surface area (Å²) in [6.45, 7) is 5.50. The molecule has 1 unspecified atom stereocenters. The van der Waals surface area contributed by atoms with E-state index in [9.17, 15) is 0 Å². The zero-order chi connectivity index (χ0) is 12.3. The fourth-order valence-corrected chi connectivity index (χ4v) is 3.33. The van der Waals surface area contributed by atoms with Crippen LogP contribution in [0.25, 0.3) is 10.1 Å². The van der Waals surface area contributed by atoms with Crippen molar-refractivity contribution in [3.8, 4) is 0 Å². The minimum absolute atomic E-state index is 0.255. The molecule has 1 heterocycles. The molecule has 1 aromatic carbocycles. The van der Waals surface area contributed by atoms with Gasteiger partial charge >= 0.3 is 0 Å². The highest BCUT2D eigenvalue weighted by molar-refractivity contribution is 7.19. The van der Waals surface area contributed by atoms with Crippen molar-refractivity contribution in [1.29, 1.82) is 0 Å². The summed E-state index contributed by atoms with van der Waals surface area (Å²) in [7, 11) is 0. The first kappa shape index (κ1) is 12.6. The topological polar surface area (TPSA) is 32.3 Å². The van der Waals surface area contributed by atoms with E-state index in [2.05, 4.69) is 43.4 Å². The Labute approximate surface area is 106 Å². The van der Waals surface area contributed by atoms with Crippen LogP contribution in [-0.4, -0.2) is 18.3 Å². The van der Waals surface area contributed by atoms with E-state index in [0.29, 0.717) is 6.04 Å². The number of aliphatic hydroxyl groups excluding tert-OH is 1. The van der Waals surface area contributed by atoms with Crippen LogP contribution in [0.2, 0.25) is 0 Å². The maximum atomic E-state index is 8.78. The van der Waals surface area contributed by atoms with Crippen molar-refractivity contribution in [3.63, 3.8) is 0 Å². The van der Waals surface area contributed by atoms with E-state index < -0.39 is 0 Å². The lowest BCUT2D eigenvalue weighted by molar-refractivity contribution is 0.284. The first-order valence-electron chi connectivity index (χ1n) is 6.06. The Kier molecular flexibility index (Phi) is 4.15. The maximum absolute atomic E-state index is 8.78. The molecular formula is C14H19NOS. The van der Waals surface area contributed by atoms with Gasteiger partial charge in [-0.3, -0.25) is 0 Å². The Morgan fingerprint density at radius 2 is 2.12 bits per heavy atom. The minimum Gasteiger partial charge on any atom is -0.396 e. The Morgan fingerprint density at radius 3 is 2.82 bits per heavy atom. The average molecular weight is 249 g/mol. The monoisotopic (exact) mass is 249 g/mol. The summed E-state index contributed by atoms with van der Waals surface area (Å²) >= 11 is 1.87. The molecule has 0 saturated heterocycles. The van der Waals surface area contributed by atoms with Crippen molar-refractivity contribution in [2.45, 2.75) is 26.3 Å². The Balaban J connectivity index is 2.20. The molecular weight excluding hydrogens is 230 g/mol. The normalized spacial score (nSPS) is 13.1. The molecule has 0 saturated carbocycles. The van der Waals surface area contributed by atoms with Gasteiger partial charge in [0.05, 0.1) is 0 Å². The lowest BCUT2D eigenvalue weighted by Gasteiger charge is -2.12. The molecule has 3 heteroatoms. The zero-order valence-electron chi connectivity index (χ0n) is 10.4. The minimum atomic E-state index is 0.255.